The molecule has 0 spiro atoms. The number of hydrogen-bond donors (Lipinski definition) is 1. The molecule has 0 saturated carbocycles. The van der Waals surface area contributed by atoms with E-state index in [0.717, 1.165) is 5.92 Å². The summed E-state index contributed by atoms with van der Waals surface area (Å²) in [5, 5.41) is 2.35. The SMILES string of the molecule is CCCN1CCC(CC)CN1. The first-order valence-electron chi connectivity index (χ1n) is 4.85. The van der Waals surface area contributed by atoms with Gasteiger partial charge in [0, 0.05) is 19.6 Å². The molecule has 0 radical (unpaired) electrons. The number of hydrazine groups is 1. The Balaban J connectivity index is 2.14. The molecule has 2 nitrogen and oxygen atoms in total. The minimum Gasteiger partial charge on any atom is -0.255 e. The standard InChI is InChI=1S/C9H20N2/c1-3-6-11-7-5-9(4-2)8-10-11/h9-10H,3-8H2,1-2H3. The lowest BCUT2D eigenvalue weighted by molar-refractivity contribution is 0.118. The van der Waals surface area contributed by atoms with Gasteiger partial charge < -0.3 is 0 Å². The fraction of sp³-hybridized carbons (Fsp3) is 1.00. The van der Waals surface area contributed by atoms with Crippen LogP contribution in [0.1, 0.15) is 33.1 Å². The summed E-state index contributed by atoms with van der Waals surface area (Å²) in [5.74, 6) is 0.920. The highest BCUT2D eigenvalue weighted by molar-refractivity contribution is 4.68. The Bertz CT molecular complexity index is 95.7. The minimum atomic E-state index is 0.920. The third-order valence-corrected chi connectivity index (χ3v) is 2.48. The molecular weight excluding hydrogens is 136 g/mol. The summed E-state index contributed by atoms with van der Waals surface area (Å²) in [4.78, 5) is 0. The first-order chi connectivity index (χ1) is 5.36. The molecule has 11 heavy (non-hydrogen) atoms. The van der Waals surface area contributed by atoms with Crippen LogP contribution in [0.15, 0.2) is 0 Å². The van der Waals surface area contributed by atoms with E-state index >= 15 is 0 Å². The predicted molar refractivity (Wildman–Crippen MR) is 48.3 cm³/mol. The predicted octanol–water partition coefficient (Wildman–Crippen LogP) is 1.63. The van der Waals surface area contributed by atoms with Crippen LogP contribution < -0.4 is 5.43 Å². The first-order valence-corrected chi connectivity index (χ1v) is 4.85. The van der Waals surface area contributed by atoms with E-state index in [-0.39, 0.29) is 0 Å². The van der Waals surface area contributed by atoms with Crippen LogP contribution >= 0.6 is 0 Å². The molecule has 0 bridgehead atoms. The molecule has 1 unspecified atom stereocenters. The molecule has 1 aliphatic heterocycles. The molecule has 1 aliphatic rings. The Morgan fingerprint density at radius 2 is 2.27 bits per heavy atom. The number of nitrogens with one attached hydrogen (secondary N) is 1. The van der Waals surface area contributed by atoms with Gasteiger partial charge in [0.1, 0.15) is 0 Å². The van der Waals surface area contributed by atoms with E-state index in [0.29, 0.717) is 0 Å². The Morgan fingerprint density at radius 3 is 2.73 bits per heavy atom. The quantitative estimate of drug-likeness (QED) is 0.668. The third-order valence-electron chi connectivity index (χ3n) is 2.48. The van der Waals surface area contributed by atoms with Gasteiger partial charge in [-0.25, -0.2) is 5.01 Å². The van der Waals surface area contributed by atoms with Crippen molar-refractivity contribution >= 4 is 0 Å². The lowest BCUT2D eigenvalue weighted by Gasteiger charge is -2.32. The normalized spacial score (nSPS) is 27.3. The smallest absolute Gasteiger partial charge is 0.0134 e. The summed E-state index contributed by atoms with van der Waals surface area (Å²) in [7, 11) is 0. The van der Waals surface area contributed by atoms with Crippen LogP contribution in [0.25, 0.3) is 0 Å². The maximum absolute atomic E-state index is 3.45. The van der Waals surface area contributed by atoms with E-state index in [9.17, 15) is 0 Å². The summed E-state index contributed by atoms with van der Waals surface area (Å²) in [6, 6.07) is 0. The number of nitrogens with zero attached hydrogens (tertiary/aromatic N) is 1. The second kappa shape index (κ2) is 4.73. The van der Waals surface area contributed by atoms with Gasteiger partial charge in [-0.2, -0.15) is 0 Å². The van der Waals surface area contributed by atoms with Crippen LogP contribution in [0.4, 0.5) is 0 Å². The Kier molecular flexibility index (Phi) is 3.87. The van der Waals surface area contributed by atoms with Crippen LogP contribution in [0.3, 0.4) is 0 Å². The van der Waals surface area contributed by atoms with Crippen molar-refractivity contribution in [2.75, 3.05) is 19.6 Å². The fourth-order valence-electron chi connectivity index (χ4n) is 1.59. The molecule has 1 fully saturated rings. The van der Waals surface area contributed by atoms with Crippen molar-refractivity contribution in [1.82, 2.24) is 10.4 Å². The van der Waals surface area contributed by atoms with E-state index in [4.69, 9.17) is 0 Å². The van der Waals surface area contributed by atoms with Crippen molar-refractivity contribution in [2.24, 2.45) is 5.92 Å². The molecule has 1 heterocycles. The third kappa shape index (κ3) is 2.80. The van der Waals surface area contributed by atoms with Crippen LogP contribution in [-0.4, -0.2) is 24.6 Å². The van der Waals surface area contributed by atoms with Crippen molar-refractivity contribution in [1.29, 1.82) is 0 Å². The van der Waals surface area contributed by atoms with Crippen molar-refractivity contribution < 1.29 is 0 Å². The topological polar surface area (TPSA) is 15.3 Å². The van der Waals surface area contributed by atoms with E-state index in [1.165, 1.54) is 38.9 Å². The molecule has 0 aromatic heterocycles. The Hall–Kier alpha value is -0.0800. The van der Waals surface area contributed by atoms with Crippen LogP contribution in [0.2, 0.25) is 0 Å². The summed E-state index contributed by atoms with van der Waals surface area (Å²) < 4.78 is 0. The van der Waals surface area contributed by atoms with Gasteiger partial charge in [0.25, 0.3) is 0 Å². The second-order valence-corrected chi connectivity index (χ2v) is 3.41. The molecule has 0 aliphatic carbocycles. The van der Waals surface area contributed by atoms with Gasteiger partial charge >= 0.3 is 0 Å². The van der Waals surface area contributed by atoms with E-state index < -0.39 is 0 Å². The highest BCUT2D eigenvalue weighted by Crippen LogP contribution is 2.11. The van der Waals surface area contributed by atoms with Crippen LogP contribution in [0, 0.1) is 5.92 Å². The van der Waals surface area contributed by atoms with Gasteiger partial charge in [0.15, 0.2) is 0 Å². The van der Waals surface area contributed by atoms with Gasteiger partial charge in [-0.15, -0.1) is 0 Å². The molecule has 0 aromatic rings. The molecule has 0 aromatic carbocycles. The molecule has 1 rings (SSSR count). The fourth-order valence-corrected chi connectivity index (χ4v) is 1.59. The number of hydrogen-bond acceptors (Lipinski definition) is 2. The zero-order valence-corrected chi connectivity index (χ0v) is 7.77. The molecule has 66 valence electrons. The van der Waals surface area contributed by atoms with Gasteiger partial charge in [0.05, 0.1) is 0 Å². The van der Waals surface area contributed by atoms with E-state index in [2.05, 4.69) is 24.3 Å². The second-order valence-electron chi connectivity index (χ2n) is 3.41. The summed E-state index contributed by atoms with van der Waals surface area (Å²) in [6.45, 7) is 8.15. The van der Waals surface area contributed by atoms with Gasteiger partial charge in [0.2, 0.25) is 0 Å². The monoisotopic (exact) mass is 156 g/mol. The summed E-state index contributed by atoms with van der Waals surface area (Å²) in [5.41, 5.74) is 3.45. The van der Waals surface area contributed by atoms with E-state index in [1.54, 1.807) is 0 Å². The lowest BCUT2D eigenvalue weighted by atomic mass is 10.0. The summed E-state index contributed by atoms with van der Waals surface area (Å²) in [6.07, 6.45) is 3.96. The minimum absolute atomic E-state index is 0.920. The maximum atomic E-state index is 3.45. The first kappa shape index (κ1) is 9.01. The molecular formula is C9H20N2. The average Bonchev–Trinajstić information content (AvgIpc) is 2.07. The Morgan fingerprint density at radius 1 is 1.45 bits per heavy atom. The molecule has 1 atom stereocenters. The highest BCUT2D eigenvalue weighted by Gasteiger charge is 2.15. The Labute approximate surface area is 69.9 Å². The maximum Gasteiger partial charge on any atom is 0.0134 e. The molecule has 1 saturated heterocycles. The van der Waals surface area contributed by atoms with Crippen molar-refractivity contribution in [3.8, 4) is 0 Å². The van der Waals surface area contributed by atoms with Gasteiger partial charge in [-0.1, -0.05) is 20.3 Å². The largest absolute Gasteiger partial charge is 0.255 e. The highest BCUT2D eigenvalue weighted by atomic mass is 15.5. The lowest BCUT2D eigenvalue weighted by Crippen LogP contribution is -2.46. The molecule has 0 amide bonds. The van der Waals surface area contributed by atoms with Crippen LogP contribution in [0.5, 0.6) is 0 Å². The van der Waals surface area contributed by atoms with Gasteiger partial charge in [-0.05, 0) is 18.8 Å². The zero-order valence-electron chi connectivity index (χ0n) is 7.77. The van der Waals surface area contributed by atoms with Crippen molar-refractivity contribution in [2.45, 2.75) is 33.1 Å². The van der Waals surface area contributed by atoms with Crippen molar-refractivity contribution in [3.05, 3.63) is 0 Å². The molecule has 1 N–H and O–H groups in total. The van der Waals surface area contributed by atoms with Crippen LogP contribution in [-0.2, 0) is 0 Å². The van der Waals surface area contributed by atoms with Gasteiger partial charge in [-0.3, -0.25) is 5.43 Å². The summed E-state index contributed by atoms with van der Waals surface area (Å²) >= 11 is 0. The zero-order chi connectivity index (χ0) is 8.10. The average molecular weight is 156 g/mol. The van der Waals surface area contributed by atoms with Crippen molar-refractivity contribution in [3.63, 3.8) is 0 Å². The number of rotatable bonds is 3. The molecule has 2 heteroatoms. The van der Waals surface area contributed by atoms with E-state index in [1.807, 2.05) is 0 Å².